The Morgan fingerprint density at radius 1 is 1.00 bits per heavy atom. The highest BCUT2D eigenvalue weighted by molar-refractivity contribution is 7.13. The molecule has 2 aromatic rings. The SMILES string of the molecule is CC(C)(C)c1cc(-c2nc(C3CCNCC3)cs2)cc(C(C)(C)C)c1O. The van der Waals surface area contributed by atoms with Gasteiger partial charge in [0.1, 0.15) is 10.8 Å². The third-order valence-electron chi connectivity index (χ3n) is 5.25. The number of nitrogens with one attached hydrogen (secondary N) is 1. The largest absolute Gasteiger partial charge is 0.507 e. The van der Waals surface area contributed by atoms with Gasteiger partial charge in [0.25, 0.3) is 0 Å². The molecule has 0 spiro atoms. The van der Waals surface area contributed by atoms with Gasteiger partial charge in [0.05, 0.1) is 5.69 Å². The van der Waals surface area contributed by atoms with E-state index in [9.17, 15) is 5.11 Å². The quantitative estimate of drug-likeness (QED) is 0.723. The number of benzene rings is 1. The first-order valence-corrected chi connectivity index (χ1v) is 10.5. The van der Waals surface area contributed by atoms with Crippen molar-refractivity contribution in [3.8, 4) is 16.3 Å². The summed E-state index contributed by atoms with van der Waals surface area (Å²) in [5, 5.41) is 17.6. The van der Waals surface area contributed by atoms with Gasteiger partial charge in [-0.25, -0.2) is 4.98 Å². The molecule has 2 N–H and O–H groups in total. The van der Waals surface area contributed by atoms with Crippen molar-refractivity contribution in [2.24, 2.45) is 0 Å². The lowest BCUT2D eigenvalue weighted by molar-refractivity contribution is 0.423. The summed E-state index contributed by atoms with van der Waals surface area (Å²) in [6.07, 6.45) is 2.33. The van der Waals surface area contributed by atoms with Crippen molar-refractivity contribution < 1.29 is 5.11 Å². The molecule has 2 heterocycles. The van der Waals surface area contributed by atoms with Gasteiger partial charge in [-0.15, -0.1) is 11.3 Å². The molecule has 1 aromatic carbocycles. The van der Waals surface area contributed by atoms with Crippen molar-refractivity contribution in [1.29, 1.82) is 0 Å². The molecule has 1 aliphatic rings. The molecule has 1 saturated heterocycles. The average molecular weight is 373 g/mol. The number of hydrogen-bond acceptors (Lipinski definition) is 4. The minimum Gasteiger partial charge on any atom is -0.507 e. The second-order valence-electron chi connectivity index (χ2n) is 9.52. The standard InChI is InChI=1S/C22H32N2OS/c1-21(2,3)16-11-15(12-17(19(16)25)22(4,5)6)20-24-18(13-26-20)14-7-9-23-10-8-14/h11-14,23,25H,7-10H2,1-6H3. The van der Waals surface area contributed by atoms with Crippen molar-refractivity contribution >= 4 is 11.3 Å². The summed E-state index contributed by atoms with van der Waals surface area (Å²) in [6, 6.07) is 4.27. The molecule has 1 fully saturated rings. The monoisotopic (exact) mass is 372 g/mol. The molecule has 0 radical (unpaired) electrons. The predicted molar refractivity (Wildman–Crippen MR) is 111 cm³/mol. The van der Waals surface area contributed by atoms with Gasteiger partial charge in [-0.2, -0.15) is 0 Å². The molecule has 0 atom stereocenters. The van der Waals surface area contributed by atoms with E-state index in [1.807, 2.05) is 0 Å². The van der Waals surface area contributed by atoms with Crippen LogP contribution in [0.2, 0.25) is 0 Å². The van der Waals surface area contributed by atoms with Gasteiger partial charge in [0.2, 0.25) is 0 Å². The first-order chi connectivity index (χ1) is 12.1. The van der Waals surface area contributed by atoms with E-state index in [4.69, 9.17) is 4.98 Å². The number of phenolic OH excluding ortho intramolecular Hbond substituents is 1. The third kappa shape index (κ3) is 3.96. The molecule has 0 unspecified atom stereocenters. The maximum Gasteiger partial charge on any atom is 0.123 e. The van der Waals surface area contributed by atoms with Crippen LogP contribution in [0.15, 0.2) is 17.5 Å². The van der Waals surface area contributed by atoms with Gasteiger partial charge in [0, 0.05) is 28.0 Å². The van der Waals surface area contributed by atoms with Gasteiger partial charge < -0.3 is 10.4 Å². The Balaban J connectivity index is 2.06. The highest BCUT2D eigenvalue weighted by Crippen LogP contribution is 2.42. The van der Waals surface area contributed by atoms with Crippen LogP contribution >= 0.6 is 11.3 Å². The van der Waals surface area contributed by atoms with Crippen LogP contribution in [-0.4, -0.2) is 23.2 Å². The minimum atomic E-state index is -0.116. The second kappa shape index (κ2) is 6.97. The maximum absolute atomic E-state index is 10.9. The smallest absolute Gasteiger partial charge is 0.123 e. The molecule has 3 nitrogen and oxygen atoms in total. The lowest BCUT2D eigenvalue weighted by atomic mass is 9.78. The van der Waals surface area contributed by atoms with Crippen LogP contribution in [0.5, 0.6) is 5.75 Å². The van der Waals surface area contributed by atoms with Crippen LogP contribution in [0.25, 0.3) is 10.6 Å². The van der Waals surface area contributed by atoms with Crippen molar-refractivity contribution in [2.45, 2.75) is 71.1 Å². The Morgan fingerprint density at radius 3 is 2.04 bits per heavy atom. The Morgan fingerprint density at radius 2 is 1.54 bits per heavy atom. The molecule has 142 valence electrons. The number of piperidine rings is 1. The van der Waals surface area contributed by atoms with Gasteiger partial charge >= 0.3 is 0 Å². The summed E-state index contributed by atoms with van der Waals surface area (Å²) in [6.45, 7) is 15.1. The minimum absolute atomic E-state index is 0.116. The number of rotatable bonds is 2. The molecule has 3 rings (SSSR count). The molecule has 4 heteroatoms. The van der Waals surface area contributed by atoms with E-state index in [1.54, 1.807) is 11.3 Å². The lowest BCUT2D eigenvalue weighted by Crippen LogP contribution is -2.26. The molecule has 1 aromatic heterocycles. The predicted octanol–water partition coefficient (Wildman–Crippen LogP) is 5.58. The molecular formula is C22H32N2OS. The number of hydrogen-bond donors (Lipinski definition) is 2. The van der Waals surface area contributed by atoms with Gasteiger partial charge in [-0.05, 0) is 48.9 Å². The number of aromatic nitrogens is 1. The van der Waals surface area contributed by atoms with Gasteiger partial charge in [-0.1, -0.05) is 41.5 Å². The lowest BCUT2D eigenvalue weighted by Gasteiger charge is -2.28. The number of thiazole rings is 1. The Hall–Kier alpha value is -1.39. The van der Waals surface area contributed by atoms with E-state index < -0.39 is 0 Å². The van der Waals surface area contributed by atoms with E-state index in [0.29, 0.717) is 11.7 Å². The maximum atomic E-state index is 10.9. The molecule has 0 bridgehead atoms. The van der Waals surface area contributed by atoms with Crippen molar-refractivity contribution in [3.05, 3.63) is 34.3 Å². The van der Waals surface area contributed by atoms with E-state index in [1.165, 1.54) is 18.5 Å². The molecule has 0 aliphatic carbocycles. The number of aromatic hydroxyl groups is 1. The summed E-state index contributed by atoms with van der Waals surface area (Å²) in [5.41, 5.74) is 4.12. The first-order valence-electron chi connectivity index (χ1n) is 9.62. The Kier molecular flexibility index (Phi) is 5.19. The first kappa shape index (κ1) is 19.4. The summed E-state index contributed by atoms with van der Waals surface area (Å²) >= 11 is 1.73. The normalized spacial score (nSPS) is 16.8. The van der Waals surface area contributed by atoms with Gasteiger partial charge in [-0.3, -0.25) is 0 Å². The number of phenols is 1. The van der Waals surface area contributed by atoms with Crippen LogP contribution in [0.1, 0.15) is 77.1 Å². The summed E-state index contributed by atoms with van der Waals surface area (Å²) in [4.78, 5) is 4.99. The van der Waals surface area contributed by atoms with Gasteiger partial charge in [0.15, 0.2) is 0 Å². The molecule has 26 heavy (non-hydrogen) atoms. The fourth-order valence-corrected chi connectivity index (χ4v) is 4.51. The van der Waals surface area contributed by atoms with E-state index >= 15 is 0 Å². The van der Waals surface area contributed by atoms with Crippen LogP contribution < -0.4 is 5.32 Å². The van der Waals surface area contributed by atoms with E-state index in [2.05, 4.69) is 64.4 Å². The van der Waals surface area contributed by atoms with Crippen molar-refractivity contribution in [3.63, 3.8) is 0 Å². The topological polar surface area (TPSA) is 45.2 Å². The zero-order valence-electron chi connectivity index (χ0n) is 16.9. The van der Waals surface area contributed by atoms with Crippen LogP contribution in [0, 0.1) is 0 Å². The molecule has 0 amide bonds. The number of nitrogens with zero attached hydrogens (tertiary/aromatic N) is 1. The Labute approximate surface area is 161 Å². The average Bonchev–Trinajstić information content (AvgIpc) is 3.03. The molecular weight excluding hydrogens is 340 g/mol. The third-order valence-corrected chi connectivity index (χ3v) is 6.16. The van der Waals surface area contributed by atoms with Crippen LogP contribution in [0.4, 0.5) is 0 Å². The Bertz CT molecular complexity index is 739. The van der Waals surface area contributed by atoms with Crippen molar-refractivity contribution in [2.75, 3.05) is 13.1 Å². The molecule has 0 saturated carbocycles. The van der Waals surface area contributed by atoms with Crippen LogP contribution in [0.3, 0.4) is 0 Å². The van der Waals surface area contributed by atoms with Crippen LogP contribution in [-0.2, 0) is 10.8 Å². The van der Waals surface area contributed by atoms with E-state index in [-0.39, 0.29) is 10.8 Å². The van der Waals surface area contributed by atoms with Crippen molar-refractivity contribution in [1.82, 2.24) is 10.3 Å². The zero-order chi connectivity index (χ0) is 19.1. The fourth-order valence-electron chi connectivity index (χ4n) is 3.63. The molecule has 1 aliphatic heterocycles. The highest BCUT2D eigenvalue weighted by atomic mass is 32.1. The van der Waals surface area contributed by atoms with E-state index in [0.717, 1.165) is 34.8 Å². The zero-order valence-corrected chi connectivity index (χ0v) is 17.8. The summed E-state index contributed by atoms with van der Waals surface area (Å²) in [5.74, 6) is 1.01. The summed E-state index contributed by atoms with van der Waals surface area (Å²) < 4.78 is 0. The highest BCUT2D eigenvalue weighted by Gasteiger charge is 2.27. The summed E-state index contributed by atoms with van der Waals surface area (Å²) in [7, 11) is 0. The second-order valence-corrected chi connectivity index (χ2v) is 10.4. The fraction of sp³-hybridized carbons (Fsp3) is 0.591.